The topological polar surface area (TPSA) is 77.4 Å². The van der Waals surface area contributed by atoms with Crippen molar-refractivity contribution >= 4 is 10.1 Å². The van der Waals surface area contributed by atoms with E-state index in [0.29, 0.717) is 12.8 Å². The van der Waals surface area contributed by atoms with E-state index in [1.807, 2.05) is 0 Å². The summed E-state index contributed by atoms with van der Waals surface area (Å²) < 4.78 is 34.5. The summed E-state index contributed by atoms with van der Waals surface area (Å²) in [5.74, 6) is 0. The van der Waals surface area contributed by atoms with Gasteiger partial charge in [-0.1, -0.05) is 110 Å². The molecule has 0 aliphatic carbocycles. The first-order valence-electron chi connectivity index (χ1n) is 12.0. The smallest absolute Gasteiger partial charge is 0.748 e. The Morgan fingerprint density at radius 2 is 0.966 bits per heavy atom. The zero-order valence-electron chi connectivity index (χ0n) is 19.7. The SMILES string of the molecule is CCCCCCCCCC(CCCCCCCCC(O)CCCC)S(=O)(=O)[O-].[K+]. The molecular formula is C23H47KO4S. The van der Waals surface area contributed by atoms with Gasteiger partial charge in [-0.05, 0) is 25.7 Å². The normalized spacial score (nSPS) is 13.8. The van der Waals surface area contributed by atoms with E-state index in [2.05, 4.69) is 13.8 Å². The van der Waals surface area contributed by atoms with Gasteiger partial charge in [0.05, 0.1) is 16.2 Å². The van der Waals surface area contributed by atoms with Crippen LogP contribution in [-0.4, -0.2) is 29.4 Å². The van der Waals surface area contributed by atoms with Gasteiger partial charge in [0, 0.05) is 5.25 Å². The van der Waals surface area contributed by atoms with Crippen molar-refractivity contribution in [3.8, 4) is 0 Å². The van der Waals surface area contributed by atoms with Gasteiger partial charge in [0.15, 0.2) is 0 Å². The Kier molecular flexibility index (Phi) is 25.6. The van der Waals surface area contributed by atoms with E-state index < -0.39 is 15.4 Å². The average molecular weight is 459 g/mol. The molecule has 0 amide bonds. The van der Waals surface area contributed by atoms with Crippen LogP contribution in [0, 0.1) is 0 Å². The Morgan fingerprint density at radius 1 is 0.621 bits per heavy atom. The zero-order valence-corrected chi connectivity index (χ0v) is 23.6. The molecule has 4 nitrogen and oxygen atoms in total. The van der Waals surface area contributed by atoms with Gasteiger partial charge >= 0.3 is 51.4 Å². The summed E-state index contributed by atoms with van der Waals surface area (Å²) in [6.07, 6.45) is 19.3. The van der Waals surface area contributed by atoms with Crippen molar-refractivity contribution in [1.29, 1.82) is 0 Å². The van der Waals surface area contributed by atoms with Crippen molar-refractivity contribution in [2.75, 3.05) is 0 Å². The van der Waals surface area contributed by atoms with E-state index in [9.17, 15) is 18.1 Å². The maximum Gasteiger partial charge on any atom is 1.00 e. The summed E-state index contributed by atoms with van der Waals surface area (Å²) in [5.41, 5.74) is 0. The van der Waals surface area contributed by atoms with E-state index in [4.69, 9.17) is 0 Å². The standard InChI is InChI=1S/C23H48O4S.K/c1-3-5-7-8-9-13-16-20-23(28(25,26)27)21-17-14-11-10-12-15-19-22(24)18-6-4-2;/h22-24H,3-21H2,1-2H3,(H,25,26,27);/q;+1/p-1. The third-order valence-corrected chi connectivity index (χ3v) is 7.03. The molecule has 0 bridgehead atoms. The van der Waals surface area contributed by atoms with E-state index >= 15 is 0 Å². The monoisotopic (exact) mass is 458 g/mol. The van der Waals surface area contributed by atoms with E-state index in [-0.39, 0.29) is 57.5 Å². The molecule has 2 unspecified atom stereocenters. The van der Waals surface area contributed by atoms with Crippen LogP contribution in [0.1, 0.15) is 136 Å². The van der Waals surface area contributed by atoms with Gasteiger partial charge in [0.25, 0.3) is 0 Å². The van der Waals surface area contributed by atoms with Crippen molar-refractivity contribution in [1.82, 2.24) is 0 Å². The quantitative estimate of drug-likeness (QED) is 0.162. The predicted octanol–water partition coefficient (Wildman–Crippen LogP) is 3.72. The van der Waals surface area contributed by atoms with Crippen LogP contribution in [0.15, 0.2) is 0 Å². The molecule has 0 saturated heterocycles. The first kappa shape index (κ1) is 32.7. The summed E-state index contributed by atoms with van der Waals surface area (Å²) in [6.45, 7) is 4.34. The maximum atomic E-state index is 11.5. The van der Waals surface area contributed by atoms with Crippen LogP contribution in [0.5, 0.6) is 0 Å². The number of unbranched alkanes of at least 4 members (excludes halogenated alkanes) is 12. The summed E-state index contributed by atoms with van der Waals surface area (Å²) in [5, 5.41) is 9.13. The third kappa shape index (κ3) is 22.5. The van der Waals surface area contributed by atoms with Crippen molar-refractivity contribution in [2.24, 2.45) is 0 Å². The number of hydrogen-bond acceptors (Lipinski definition) is 4. The van der Waals surface area contributed by atoms with Gasteiger partial charge in [-0.3, -0.25) is 0 Å². The van der Waals surface area contributed by atoms with E-state index in [1.54, 1.807) is 0 Å². The fourth-order valence-corrected chi connectivity index (χ4v) is 4.72. The molecule has 2 atom stereocenters. The van der Waals surface area contributed by atoms with E-state index in [1.165, 1.54) is 25.7 Å². The second kappa shape index (κ2) is 22.7. The Bertz CT molecular complexity index is 429. The van der Waals surface area contributed by atoms with Gasteiger partial charge in [0.1, 0.15) is 0 Å². The maximum absolute atomic E-state index is 11.5. The fourth-order valence-electron chi connectivity index (χ4n) is 3.81. The number of rotatable bonds is 21. The minimum absolute atomic E-state index is 0. The molecule has 0 radical (unpaired) electrons. The van der Waals surface area contributed by atoms with Gasteiger partial charge in [-0.25, -0.2) is 8.42 Å². The third-order valence-electron chi connectivity index (χ3n) is 5.74. The van der Waals surface area contributed by atoms with Crippen molar-refractivity contribution in [2.45, 2.75) is 147 Å². The van der Waals surface area contributed by atoms with Crippen LogP contribution in [0.25, 0.3) is 0 Å². The Morgan fingerprint density at radius 3 is 1.38 bits per heavy atom. The van der Waals surface area contributed by atoms with Gasteiger partial charge in [0.2, 0.25) is 0 Å². The number of hydrogen-bond donors (Lipinski definition) is 1. The molecule has 170 valence electrons. The van der Waals surface area contributed by atoms with Crippen molar-refractivity contribution < 1.29 is 69.5 Å². The van der Waals surface area contributed by atoms with Crippen LogP contribution in [0.2, 0.25) is 0 Å². The van der Waals surface area contributed by atoms with Gasteiger partial charge < -0.3 is 9.66 Å². The number of aliphatic hydroxyl groups excluding tert-OH is 1. The molecule has 0 spiro atoms. The summed E-state index contributed by atoms with van der Waals surface area (Å²) in [6, 6.07) is 0. The second-order valence-corrected chi connectivity index (χ2v) is 10.2. The predicted molar refractivity (Wildman–Crippen MR) is 119 cm³/mol. The van der Waals surface area contributed by atoms with Gasteiger partial charge in [-0.15, -0.1) is 0 Å². The molecule has 0 aliphatic heterocycles. The van der Waals surface area contributed by atoms with Crippen LogP contribution in [-0.2, 0) is 10.1 Å². The van der Waals surface area contributed by atoms with E-state index in [0.717, 1.165) is 83.5 Å². The molecule has 1 N–H and O–H groups in total. The second-order valence-electron chi connectivity index (χ2n) is 8.52. The van der Waals surface area contributed by atoms with Crippen LogP contribution < -0.4 is 51.4 Å². The Balaban J connectivity index is 0. The largest absolute Gasteiger partial charge is 1.00 e. The van der Waals surface area contributed by atoms with Crippen LogP contribution in [0.4, 0.5) is 0 Å². The van der Waals surface area contributed by atoms with Crippen molar-refractivity contribution in [3.05, 3.63) is 0 Å². The molecule has 0 aromatic carbocycles. The zero-order chi connectivity index (χ0) is 21.1. The molecule has 0 saturated carbocycles. The molecule has 0 fully saturated rings. The Labute approximate surface area is 224 Å². The molecule has 0 heterocycles. The molecule has 6 heteroatoms. The molecule has 0 aromatic heterocycles. The van der Waals surface area contributed by atoms with Crippen LogP contribution in [0.3, 0.4) is 0 Å². The summed E-state index contributed by atoms with van der Waals surface area (Å²) in [4.78, 5) is 0. The van der Waals surface area contributed by atoms with Gasteiger partial charge in [-0.2, -0.15) is 0 Å². The average Bonchev–Trinajstić information content (AvgIpc) is 2.64. The Hall–Kier alpha value is 1.51. The van der Waals surface area contributed by atoms with Crippen LogP contribution >= 0.6 is 0 Å². The molecule has 0 aromatic rings. The molecule has 29 heavy (non-hydrogen) atoms. The van der Waals surface area contributed by atoms with Crippen molar-refractivity contribution in [3.63, 3.8) is 0 Å². The summed E-state index contributed by atoms with van der Waals surface area (Å²) in [7, 11) is -4.16. The number of aliphatic hydroxyl groups is 1. The molecule has 0 aliphatic rings. The molecular weight excluding hydrogens is 411 g/mol. The fraction of sp³-hybridized carbons (Fsp3) is 1.00. The minimum atomic E-state index is -4.16. The molecule has 0 rings (SSSR count). The summed E-state index contributed by atoms with van der Waals surface area (Å²) >= 11 is 0. The first-order valence-corrected chi connectivity index (χ1v) is 13.5. The minimum Gasteiger partial charge on any atom is -0.748 e. The first-order chi connectivity index (χ1) is 13.4.